The fourth-order valence-corrected chi connectivity index (χ4v) is 4.69. The van der Waals surface area contributed by atoms with Crippen LogP contribution in [0, 0.1) is 23.7 Å². The minimum absolute atomic E-state index is 0.125. The summed E-state index contributed by atoms with van der Waals surface area (Å²) >= 11 is 0. The molecule has 3 rings (SSSR count). The first kappa shape index (κ1) is 21.0. The maximum absolute atomic E-state index is 13.0. The second-order valence-electron chi connectivity index (χ2n) is 8.26. The van der Waals surface area contributed by atoms with Gasteiger partial charge in [-0.15, -0.1) is 0 Å². The summed E-state index contributed by atoms with van der Waals surface area (Å²) in [4.78, 5) is 2.50. The van der Waals surface area contributed by atoms with Crippen LogP contribution in [0.1, 0.15) is 51.9 Å². The average molecular weight is 390 g/mol. The molecule has 0 aromatic carbocycles. The number of likely N-dealkylation sites (tertiary alicyclic amines) is 1. The minimum Gasteiger partial charge on any atom is -0.286 e. The molecule has 1 fully saturated rings. The summed E-state index contributed by atoms with van der Waals surface area (Å²) in [6.07, 6.45) is 11.6. The van der Waals surface area contributed by atoms with Crippen molar-refractivity contribution in [3.8, 4) is 11.8 Å². The van der Waals surface area contributed by atoms with Gasteiger partial charge in [0.25, 0.3) is 0 Å². The summed E-state index contributed by atoms with van der Waals surface area (Å²) in [7, 11) is 0. The van der Waals surface area contributed by atoms with E-state index in [1.165, 1.54) is 12.2 Å². The standard InChI is InChI=1S/C24H30F3N/c1-18(2)11-16-23(19-8-4-3-5-9-19)28-17-7-6-10-22(28)20-12-14-21(15-13-20)24(25,26)27/h3-4,12,14-15,19-20,22-23H,1,5-10,13,17H2,2H3/t19?,20?,22-,23+/m1/s1. The molecule has 3 aliphatic rings. The molecule has 0 saturated carbocycles. The molecule has 1 nitrogen and oxygen atoms in total. The number of nitrogens with zero attached hydrogens (tertiary/aromatic N) is 1. The van der Waals surface area contributed by atoms with E-state index in [1.54, 1.807) is 6.08 Å². The van der Waals surface area contributed by atoms with E-state index < -0.39 is 11.7 Å². The van der Waals surface area contributed by atoms with Crippen LogP contribution in [-0.4, -0.2) is 29.7 Å². The zero-order chi connectivity index (χ0) is 20.1. The van der Waals surface area contributed by atoms with Gasteiger partial charge in [0.05, 0.1) is 11.6 Å². The topological polar surface area (TPSA) is 3.24 Å². The Morgan fingerprint density at radius 3 is 2.64 bits per heavy atom. The second-order valence-corrected chi connectivity index (χ2v) is 8.26. The van der Waals surface area contributed by atoms with E-state index in [2.05, 4.69) is 35.5 Å². The molecule has 1 heterocycles. The Morgan fingerprint density at radius 2 is 2.04 bits per heavy atom. The zero-order valence-corrected chi connectivity index (χ0v) is 16.6. The first-order valence-electron chi connectivity index (χ1n) is 10.4. The third kappa shape index (κ3) is 5.20. The molecular weight excluding hydrogens is 359 g/mol. The minimum atomic E-state index is -4.25. The molecule has 152 valence electrons. The van der Waals surface area contributed by atoms with Gasteiger partial charge < -0.3 is 0 Å². The molecule has 1 saturated heterocycles. The van der Waals surface area contributed by atoms with Gasteiger partial charge in [-0.1, -0.05) is 55.2 Å². The molecule has 2 unspecified atom stereocenters. The van der Waals surface area contributed by atoms with Crippen LogP contribution in [0.2, 0.25) is 0 Å². The molecule has 0 spiro atoms. The van der Waals surface area contributed by atoms with Crippen LogP contribution in [0.3, 0.4) is 0 Å². The van der Waals surface area contributed by atoms with Gasteiger partial charge in [0.1, 0.15) is 0 Å². The number of alkyl halides is 3. The van der Waals surface area contributed by atoms with Gasteiger partial charge in [0, 0.05) is 6.04 Å². The largest absolute Gasteiger partial charge is 0.416 e. The van der Waals surface area contributed by atoms with Gasteiger partial charge in [-0.3, -0.25) is 4.90 Å². The predicted molar refractivity (Wildman–Crippen MR) is 109 cm³/mol. The Balaban J connectivity index is 1.81. The molecule has 4 atom stereocenters. The first-order chi connectivity index (χ1) is 13.4. The lowest BCUT2D eigenvalue weighted by molar-refractivity contribution is -0.0888. The number of hydrogen-bond acceptors (Lipinski definition) is 1. The highest BCUT2D eigenvalue weighted by molar-refractivity contribution is 5.30. The molecule has 0 aromatic heterocycles. The van der Waals surface area contributed by atoms with Crippen molar-refractivity contribution in [3.05, 3.63) is 48.1 Å². The molecule has 0 N–H and O–H groups in total. The van der Waals surface area contributed by atoms with E-state index in [-0.39, 0.29) is 18.0 Å². The summed E-state index contributed by atoms with van der Waals surface area (Å²) in [5, 5.41) is 0. The van der Waals surface area contributed by atoms with E-state index >= 15 is 0 Å². The molecule has 0 bridgehead atoms. The van der Waals surface area contributed by atoms with Crippen LogP contribution in [-0.2, 0) is 0 Å². The number of allylic oxidation sites excluding steroid dienone is 6. The van der Waals surface area contributed by atoms with Gasteiger partial charge in [0.2, 0.25) is 0 Å². The van der Waals surface area contributed by atoms with Crippen LogP contribution in [0.25, 0.3) is 0 Å². The number of rotatable bonds is 3. The summed E-state index contributed by atoms with van der Waals surface area (Å²) in [5.41, 5.74) is 0.349. The van der Waals surface area contributed by atoms with Gasteiger partial charge in [0.15, 0.2) is 0 Å². The molecule has 1 aliphatic heterocycles. The third-order valence-electron chi connectivity index (χ3n) is 6.09. The summed E-state index contributed by atoms with van der Waals surface area (Å²) in [6, 6.07) is 0.403. The van der Waals surface area contributed by atoms with Crippen LogP contribution in [0.15, 0.2) is 48.1 Å². The van der Waals surface area contributed by atoms with Crippen molar-refractivity contribution >= 4 is 0 Å². The second kappa shape index (κ2) is 9.18. The van der Waals surface area contributed by atoms with E-state index in [0.717, 1.165) is 50.6 Å². The van der Waals surface area contributed by atoms with Crippen LogP contribution in [0.4, 0.5) is 13.2 Å². The van der Waals surface area contributed by atoms with Crippen molar-refractivity contribution in [2.24, 2.45) is 11.8 Å². The Labute approximate surface area is 167 Å². The number of halogens is 3. The maximum Gasteiger partial charge on any atom is 0.416 e. The third-order valence-corrected chi connectivity index (χ3v) is 6.09. The van der Waals surface area contributed by atoms with Crippen molar-refractivity contribution in [3.63, 3.8) is 0 Å². The van der Waals surface area contributed by atoms with E-state index in [1.807, 2.05) is 6.92 Å². The number of hydrogen-bond donors (Lipinski definition) is 0. The Kier molecular flexibility index (Phi) is 6.88. The van der Waals surface area contributed by atoms with Gasteiger partial charge >= 0.3 is 6.18 Å². The molecule has 0 aromatic rings. The average Bonchev–Trinajstić information content (AvgIpc) is 2.68. The molecule has 0 amide bonds. The van der Waals surface area contributed by atoms with E-state index in [0.29, 0.717) is 12.3 Å². The van der Waals surface area contributed by atoms with Crippen molar-refractivity contribution in [2.75, 3.05) is 6.54 Å². The summed E-state index contributed by atoms with van der Waals surface area (Å²) < 4.78 is 38.9. The van der Waals surface area contributed by atoms with Crippen LogP contribution >= 0.6 is 0 Å². The molecule has 28 heavy (non-hydrogen) atoms. The maximum atomic E-state index is 13.0. The zero-order valence-electron chi connectivity index (χ0n) is 16.6. The molecule has 2 aliphatic carbocycles. The lowest BCUT2D eigenvalue weighted by Gasteiger charge is -2.45. The molecule has 4 heteroatoms. The molecular formula is C24H30F3N. The van der Waals surface area contributed by atoms with Gasteiger partial charge in [-0.05, 0) is 69.4 Å². The van der Waals surface area contributed by atoms with Crippen LogP contribution < -0.4 is 0 Å². The van der Waals surface area contributed by atoms with E-state index in [9.17, 15) is 13.2 Å². The number of piperidine rings is 1. The van der Waals surface area contributed by atoms with Gasteiger partial charge in [-0.25, -0.2) is 0 Å². The Bertz CT molecular complexity index is 716. The fraction of sp³-hybridized carbons (Fsp3) is 0.583. The fourth-order valence-electron chi connectivity index (χ4n) is 4.69. The SMILES string of the molecule is C=C(C)C#C[C@@H](C1CC=CCC1)N1CCCC[C@@H]1C1C=CC(C(F)(F)F)=CC1. The smallest absolute Gasteiger partial charge is 0.286 e. The highest BCUT2D eigenvalue weighted by Crippen LogP contribution is 2.37. The highest BCUT2D eigenvalue weighted by Gasteiger charge is 2.38. The predicted octanol–water partition coefficient (Wildman–Crippen LogP) is 6.21. The van der Waals surface area contributed by atoms with Crippen molar-refractivity contribution in [2.45, 2.75) is 70.1 Å². The van der Waals surface area contributed by atoms with Crippen molar-refractivity contribution in [1.82, 2.24) is 4.90 Å². The van der Waals surface area contributed by atoms with Crippen LogP contribution in [0.5, 0.6) is 0 Å². The van der Waals surface area contributed by atoms with Crippen molar-refractivity contribution < 1.29 is 13.2 Å². The van der Waals surface area contributed by atoms with E-state index in [4.69, 9.17) is 0 Å². The summed E-state index contributed by atoms with van der Waals surface area (Å²) in [5.74, 6) is 7.29. The lowest BCUT2D eigenvalue weighted by atomic mass is 9.80. The van der Waals surface area contributed by atoms with Crippen molar-refractivity contribution in [1.29, 1.82) is 0 Å². The Hall–Kier alpha value is -1.73. The normalized spacial score (nSPS) is 29.6. The lowest BCUT2D eigenvalue weighted by Crippen LogP contribution is -2.51. The monoisotopic (exact) mass is 389 g/mol. The van der Waals surface area contributed by atoms with Gasteiger partial charge in [-0.2, -0.15) is 13.2 Å². The highest BCUT2D eigenvalue weighted by atomic mass is 19.4. The first-order valence-corrected chi connectivity index (χ1v) is 10.4. The Morgan fingerprint density at radius 1 is 1.21 bits per heavy atom. The quantitative estimate of drug-likeness (QED) is 0.410. The molecule has 0 radical (unpaired) electrons. The summed E-state index contributed by atoms with van der Waals surface area (Å²) in [6.45, 7) is 6.82.